The van der Waals surface area contributed by atoms with Crippen molar-refractivity contribution in [2.24, 2.45) is 0 Å². The molecule has 0 saturated carbocycles. The van der Waals surface area contributed by atoms with E-state index in [0.29, 0.717) is 29.9 Å². The highest BCUT2D eigenvalue weighted by molar-refractivity contribution is 7.95. The van der Waals surface area contributed by atoms with E-state index in [2.05, 4.69) is 4.94 Å². The minimum absolute atomic E-state index is 0.0422. The molecule has 0 bridgehead atoms. The maximum Gasteiger partial charge on any atom is 0.474 e. The summed E-state index contributed by atoms with van der Waals surface area (Å²) in [5.74, 6) is 0.224. The number of nitrogens with zero attached hydrogens (tertiary/aromatic N) is 3. The molecule has 1 aromatic carbocycles. The van der Waals surface area contributed by atoms with E-state index in [-0.39, 0.29) is 23.2 Å². The van der Waals surface area contributed by atoms with Crippen LogP contribution >= 0.6 is 23.4 Å². The molecule has 1 aliphatic rings. The van der Waals surface area contributed by atoms with Gasteiger partial charge in [0.2, 0.25) is 0 Å². The molecule has 0 fully saturated rings. The number of methoxy groups -OCH3 is 1. The Morgan fingerprint density at radius 1 is 1.26 bits per heavy atom. The normalized spacial score (nSPS) is 13.3. The van der Waals surface area contributed by atoms with E-state index in [1.54, 1.807) is 24.1 Å². The average Bonchev–Trinajstić information content (AvgIpc) is 3.48. The molecule has 0 spiro atoms. The second-order valence-corrected chi connectivity index (χ2v) is 10.7. The smallest absolute Gasteiger partial charge is 0.474 e. The minimum Gasteiger partial charge on any atom is -0.493 e. The molecule has 0 atom stereocenters. The van der Waals surface area contributed by atoms with Crippen molar-refractivity contribution in [3.63, 3.8) is 0 Å². The summed E-state index contributed by atoms with van der Waals surface area (Å²) in [5, 5.41) is 1.91. The summed E-state index contributed by atoms with van der Waals surface area (Å²) in [4.78, 5) is 23.3. The third-order valence-electron chi connectivity index (χ3n) is 5.79. The van der Waals surface area contributed by atoms with E-state index in [0.717, 1.165) is 10.4 Å². The number of imidazole rings is 1. The molecule has 188 valence electrons. The highest BCUT2D eigenvalue weighted by Crippen LogP contribution is 2.45. The van der Waals surface area contributed by atoms with Crippen molar-refractivity contribution in [3.05, 3.63) is 41.0 Å². The van der Waals surface area contributed by atoms with E-state index in [1.807, 2.05) is 42.9 Å². The SMILES string of the molecule is COc1cc2c(cc1OSC(F)(F)OF)-c1c(-c3cccs3)nc(C(=O)N(C)C(C)(C)C)n1CC2. The molecule has 35 heavy (non-hydrogen) atoms. The molecule has 0 unspecified atom stereocenters. The van der Waals surface area contributed by atoms with Crippen molar-refractivity contribution in [3.8, 4) is 33.3 Å². The van der Waals surface area contributed by atoms with Gasteiger partial charge in [0.15, 0.2) is 29.4 Å². The number of rotatable bonds is 7. The molecule has 1 aliphatic heterocycles. The van der Waals surface area contributed by atoms with Gasteiger partial charge in [0.25, 0.3) is 5.91 Å². The van der Waals surface area contributed by atoms with Gasteiger partial charge in [0, 0.05) is 24.7 Å². The molecular weight excluding hydrogens is 503 g/mol. The van der Waals surface area contributed by atoms with Crippen LogP contribution in [0.25, 0.3) is 21.8 Å². The lowest BCUT2D eigenvalue weighted by Gasteiger charge is -2.32. The Balaban J connectivity index is 1.88. The van der Waals surface area contributed by atoms with E-state index < -0.39 is 23.0 Å². The Morgan fingerprint density at radius 2 is 2.00 bits per heavy atom. The first-order chi connectivity index (χ1) is 16.5. The van der Waals surface area contributed by atoms with Gasteiger partial charge in [-0.1, -0.05) is 6.07 Å². The van der Waals surface area contributed by atoms with Crippen molar-refractivity contribution in [2.45, 2.75) is 44.7 Å². The molecule has 0 saturated heterocycles. The van der Waals surface area contributed by atoms with Gasteiger partial charge in [0.1, 0.15) is 5.69 Å². The van der Waals surface area contributed by atoms with E-state index in [1.165, 1.54) is 18.4 Å². The lowest BCUT2D eigenvalue weighted by molar-refractivity contribution is -0.302. The average molecular weight is 528 g/mol. The second-order valence-electron chi connectivity index (χ2n) is 8.91. The topological polar surface area (TPSA) is 65.8 Å². The Bertz CT molecular complexity index is 1240. The number of hydrogen-bond donors (Lipinski definition) is 0. The number of aromatic nitrogens is 2. The summed E-state index contributed by atoms with van der Waals surface area (Å²) < 4.78 is 51.0. The standard InChI is InChI=1S/C23H24F3N3O4S2/c1-22(2,3)28(4)21(30)20-27-18(17-7-6-10-34-17)19-14-12-16(32-35-23(24,25)33-26)15(31-5)11-13(14)8-9-29(19)20/h6-7,10-12H,8-9H2,1-5H3. The van der Waals surface area contributed by atoms with E-state index in [9.17, 15) is 18.1 Å². The van der Waals surface area contributed by atoms with Gasteiger partial charge in [-0.15, -0.1) is 16.3 Å². The number of carbonyl (C=O) groups is 1. The molecule has 4 rings (SSSR count). The number of benzene rings is 1. The lowest BCUT2D eigenvalue weighted by atomic mass is 9.96. The van der Waals surface area contributed by atoms with Crippen molar-refractivity contribution >= 4 is 29.3 Å². The number of ether oxygens (including phenoxy) is 1. The minimum atomic E-state index is -4.19. The van der Waals surface area contributed by atoms with Gasteiger partial charge in [-0.2, -0.15) is 8.78 Å². The van der Waals surface area contributed by atoms with Crippen LogP contribution in [0, 0.1) is 0 Å². The molecule has 1 amide bonds. The summed E-state index contributed by atoms with van der Waals surface area (Å²) in [6.07, 6.45) is 0.551. The maximum atomic E-state index is 13.4. The fourth-order valence-corrected chi connectivity index (χ4v) is 4.80. The van der Waals surface area contributed by atoms with Crippen molar-refractivity contribution < 1.29 is 32.0 Å². The van der Waals surface area contributed by atoms with Crippen LogP contribution in [-0.4, -0.2) is 45.5 Å². The summed E-state index contributed by atoms with van der Waals surface area (Å²) in [6, 6.07) is 7.02. The summed E-state index contributed by atoms with van der Waals surface area (Å²) in [5.41, 5.74) is -1.80. The Kier molecular flexibility index (Phi) is 6.82. The fraction of sp³-hybridized carbons (Fsp3) is 0.391. The van der Waals surface area contributed by atoms with Crippen LogP contribution in [0.1, 0.15) is 37.0 Å². The summed E-state index contributed by atoms with van der Waals surface area (Å²) in [6.45, 7) is 6.30. The number of amides is 1. The van der Waals surface area contributed by atoms with Crippen LogP contribution in [0.3, 0.4) is 0 Å². The van der Waals surface area contributed by atoms with E-state index >= 15 is 0 Å². The van der Waals surface area contributed by atoms with Crippen LogP contribution in [0.4, 0.5) is 13.3 Å². The summed E-state index contributed by atoms with van der Waals surface area (Å²) >= 11 is 0.993. The van der Waals surface area contributed by atoms with Crippen molar-refractivity contribution in [1.29, 1.82) is 0 Å². The van der Waals surface area contributed by atoms with Gasteiger partial charge in [-0.05, 0) is 60.9 Å². The largest absolute Gasteiger partial charge is 0.493 e. The number of halogens is 3. The molecular formula is C23H24F3N3O4S2. The second kappa shape index (κ2) is 9.40. The maximum absolute atomic E-state index is 13.4. The first-order valence-electron chi connectivity index (χ1n) is 10.6. The van der Waals surface area contributed by atoms with Crippen LogP contribution < -0.4 is 8.92 Å². The number of aryl methyl sites for hydroxylation is 1. The number of alkyl halides is 2. The number of hydrogen-bond acceptors (Lipinski definition) is 7. The zero-order valence-corrected chi connectivity index (χ0v) is 21.4. The Hall–Kier alpha value is -2.70. The van der Waals surface area contributed by atoms with Crippen LogP contribution in [0.15, 0.2) is 29.6 Å². The predicted octanol–water partition coefficient (Wildman–Crippen LogP) is 6.19. The highest BCUT2D eigenvalue weighted by Gasteiger charge is 2.37. The molecule has 7 nitrogen and oxygen atoms in total. The Labute approximate surface area is 208 Å². The van der Waals surface area contributed by atoms with Gasteiger partial charge in [-0.25, -0.2) is 4.98 Å². The van der Waals surface area contributed by atoms with Crippen LogP contribution in [0.2, 0.25) is 0 Å². The molecule has 0 N–H and O–H groups in total. The third-order valence-corrected chi connectivity index (χ3v) is 7.19. The van der Waals surface area contributed by atoms with E-state index in [4.69, 9.17) is 13.9 Å². The van der Waals surface area contributed by atoms with Crippen molar-refractivity contribution in [2.75, 3.05) is 14.2 Å². The van der Waals surface area contributed by atoms with Crippen LogP contribution in [-0.2, 0) is 17.9 Å². The zero-order valence-electron chi connectivity index (χ0n) is 19.7. The van der Waals surface area contributed by atoms with Gasteiger partial charge in [0.05, 0.1) is 17.7 Å². The molecule has 0 radical (unpaired) electrons. The van der Waals surface area contributed by atoms with Gasteiger partial charge < -0.3 is 18.4 Å². The summed E-state index contributed by atoms with van der Waals surface area (Å²) in [7, 11) is 3.11. The molecule has 0 aliphatic carbocycles. The zero-order chi connectivity index (χ0) is 25.5. The molecule has 3 aromatic rings. The van der Waals surface area contributed by atoms with Crippen LogP contribution in [0.5, 0.6) is 11.5 Å². The van der Waals surface area contributed by atoms with Gasteiger partial charge >= 0.3 is 5.44 Å². The highest BCUT2D eigenvalue weighted by atomic mass is 32.2. The lowest BCUT2D eigenvalue weighted by Crippen LogP contribution is -2.43. The molecule has 3 heterocycles. The third kappa shape index (κ3) is 4.87. The first kappa shape index (κ1) is 25.4. The number of fused-ring (bicyclic) bond motifs is 3. The predicted molar refractivity (Wildman–Crippen MR) is 128 cm³/mol. The Morgan fingerprint density at radius 3 is 2.60 bits per heavy atom. The molecule has 12 heteroatoms. The number of carbonyl (C=O) groups excluding carboxylic acids is 1. The molecule has 2 aromatic heterocycles. The quantitative estimate of drug-likeness (QED) is 0.270. The first-order valence-corrected chi connectivity index (χ1v) is 12.3. The fourth-order valence-electron chi connectivity index (χ4n) is 3.74. The number of thiophene rings is 1. The van der Waals surface area contributed by atoms with Gasteiger partial charge in [-0.3, -0.25) is 4.79 Å². The van der Waals surface area contributed by atoms with Crippen molar-refractivity contribution in [1.82, 2.24) is 14.5 Å². The monoisotopic (exact) mass is 527 g/mol.